The summed E-state index contributed by atoms with van der Waals surface area (Å²) in [6.45, 7) is 2.01. The Balaban J connectivity index is 0.00000181. The van der Waals surface area contributed by atoms with Crippen molar-refractivity contribution in [2.24, 2.45) is 5.73 Å². The van der Waals surface area contributed by atoms with Crippen LogP contribution in [0.2, 0.25) is 0 Å². The molecular formula is C25H31Cl3N4O. The van der Waals surface area contributed by atoms with Gasteiger partial charge in [-0.2, -0.15) is 0 Å². The number of halogens is 3. The Bertz CT molecular complexity index is 996. The van der Waals surface area contributed by atoms with Crippen LogP contribution >= 0.6 is 37.2 Å². The molecule has 1 fully saturated rings. The van der Waals surface area contributed by atoms with Gasteiger partial charge in [0.2, 0.25) is 0 Å². The van der Waals surface area contributed by atoms with E-state index in [1.807, 2.05) is 35.6 Å². The number of aryl methyl sites for hydroxylation is 2. The predicted octanol–water partition coefficient (Wildman–Crippen LogP) is 5.01. The summed E-state index contributed by atoms with van der Waals surface area (Å²) < 4.78 is 0. The van der Waals surface area contributed by atoms with Gasteiger partial charge in [-0.1, -0.05) is 36.4 Å². The average molecular weight is 510 g/mol. The van der Waals surface area contributed by atoms with Gasteiger partial charge >= 0.3 is 0 Å². The molecule has 3 heterocycles. The van der Waals surface area contributed by atoms with Gasteiger partial charge in [0.15, 0.2) is 0 Å². The van der Waals surface area contributed by atoms with E-state index in [1.165, 1.54) is 11.1 Å². The van der Waals surface area contributed by atoms with Crippen molar-refractivity contribution in [1.29, 1.82) is 0 Å². The molecule has 1 saturated heterocycles. The van der Waals surface area contributed by atoms with Crippen molar-refractivity contribution in [2.45, 2.75) is 38.1 Å². The second-order valence-corrected chi connectivity index (χ2v) is 7.96. The van der Waals surface area contributed by atoms with Gasteiger partial charge in [0.05, 0.1) is 5.56 Å². The first-order chi connectivity index (χ1) is 14.7. The van der Waals surface area contributed by atoms with Crippen molar-refractivity contribution in [3.63, 3.8) is 0 Å². The van der Waals surface area contributed by atoms with E-state index in [9.17, 15) is 4.79 Å². The first kappa shape index (κ1) is 28.9. The number of rotatable bonds is 6. The maximum absolute atomic E-state index is 13.0. The number of hydrogen-bond donors (Lipinski definition) is 1. The largest absolute Gasteiger partial charge is 0.339 e. The zero-order chi connectivity index (χ0) is 20.8. The van der Waals surface area contributed by atoms with E-state index >= 15 is 0 Å². The van der Waals surface area contributed by atoms with Crippen molar-refractivity contribution >= 4 is 43.1 Å². The lowest BCUT2D eigenvalue weighted by Gasteiger charge is -2.32. The maximum atomic E-state index is 13.0. The highest BCUT2D eigenvalue weighted by atomic mass is 35.5. The van der Waals surface area contributed by atoms with E-state index in [1.54, 1.807) is 6.20 Å². The van der Waals surface area contributed by atoms with Crippen molar-refractivity contribution in [1.82, 2.24) is 14.9 Å². The highest BCUT2D eigenvalue weighted by Gasteiger charge is 2.25. The van der Waals surface area contributed by atoms with Crippen LogP contribution in [0.1, 0.15) is 51.4 Å². The van der Waals surface area contributed by atoms with Gasteiger partial charge in [0.1, 0.15) is 0 Å². The average Bonchev–Trinajstić information content (AvgIpc) is 2.83. The van der Waals surface area contributed by atoms with Crippen LogP contribution in [0.25, 0.3) is 0 Å². The summed E-state index contributed by atoms with van der Waals surface area (Å²) in [5.74, 6) is 0.514. The maximum Gasteiger partial charge on any atom is 0.255 e. The van der Waals surface area contributed by atoms with Crippen LogP contribution in [-0.2, 0) is 19.4 Å². The molecule has 0 bridgehead atoms. The number of aromatic nitrogens is 2. The third-order valence-corrected chi connectivity index (χ3v) is 5.89. The van der Waals surface area contributed by atoms with Crippen LogP contribution < -0.4 is 5.73 Å². The van der Waals surface area contributed by atoms with E-state index in [2.05, 4.69) is 40.3 Å². The number of pyridine rings is 2. The molecule has 2 aromatic heterocycles. The van der Waals surface area contributed by atoms with Crippen molar-refractivity contribution in [2.75, 3.05) is 13.1 Å². The summed E-state index contributed by atoms with van der Waals surface area (Å²) in [5.41, 5.74) is 11.1. The zero-order valence-corrected chi connectivity index (χ0v) is 20.9. The van der Waals surface area contributed by atoms with Crippen LogP contribution in [0.15, 0.2) is 67.3 Å². The molecule has 33 heavy (non-hydrogen) atoms. The molecule has 1 amide bonds. The molecule has 178 valence electrons. The van der Waals surface area contributed by atoms with E-state index in [-0.39, 0.29) is 43.1 Å². The van der Waals surface area contributed by atoms with Gasteiger partial charge in [-0.15, -0.1) is 37.2 Å². The second-order valence-electron chi connectivity index (χ2n) is 7.96. The summed E-state index contributed by atoms with van der Waals surface area (Å²) in [5, 5.41) is 0. The van der Waals surface area contributed by atoms with Crippen LogP contribution in [0.4, 0.5) is 0 Å². The Hall–Kier alpha value is -2.18. The topological polar surface area (TPSA) is 72.1 Å². The Morgan fingerprint density at radius 2 is 1.48 bits per heavy atom. The van der Waals surface area contributed by atoms with Crippen molar-refractivity contribution in [3.05, 3.63) is 95.1 Å². The predicted molar refractivity (Wildman–Crippen MR) is 140 cm³/mol. The molecule has 0 spiro atoms. The molecule has 8 heteroatoms. The van der Waals surface area contributed by atoms with Crippen molar-refractivity contribution < 1.29 is 4.79 Å². The molecule has 2 N–H and O–H groups in total. The number of nitrogens with two attached hydrogens (primary N) is 1. The normalized spacial score (nSPS) is 13.3. The Labute approximate surface area is 214 Å². The highest BCUT2D eigenvalue weighted by Crippen LogP contribution is 2.28. The SMILES string of the molecule is Cl.Cl.Cl.NCc1cncc(C2CCN(C(=O)c3cncc(CCc4ccccc4)c3)CC2)c1. The fourth-order valence-corrected chi connectivity index (χ4v) is 4.12. The number of likely N-dealkylation sites (tertiary alicyclic amines) is 1. The van der Waals surface area contributed by atoms with E-state index in [4.69, 9.17) is 5.73 Å². The molecule has 4 rings (SSSR count). The van der Waals surface area contributed by atoms with E-state index in [0.717, 1.165) is 49.9 Å². The lowest BCUT2D eigenvalue weighted by Crippen LogP contribution is -2.38. The summed E-state index contributed by atoms with van der Waals surface area (Å²) in [6, 6.07) is 14.5. The van der Waals surface area contributed by atoms with Crippen molar-refractivity contribution in [3.8, 4) is 0 Å². The second kappa shape index (κ2) is 14.2. The van der Waals surface area contributed by atoms with Gasteiger partial charge in [0.25, 0.3) is 5.91 Å². The smallest absolute Gasteiger partial charge is 0.255 e. The molecule has 3 aromatic rings. The molecule has 0 unspecified atom stereocenters. The number of piperidine rings is 1. The lowest BCUT2D eigenvalue weighted by molar-refractivity contribution is 0.0712. The molecule has 0 aliphatic carbocycles. The fourth-order valence-electron chi connectivity index (χ4n) is 4.12. The quantitative estimate of drug-likeness (QED) is 0.507. The van der Waals surface area contributed by atoms with E-state index in [0.29, 0.717) is 18.0 Å². The highest BCUT2D eigenvalue weighted by molar-refractivity contribution is 5.94. The summed E-state index contributed by atoms with van der Waals surface area (Å²) in [6.07, 6.45) is 11.0. The number of benzene rings is 1. The van der Waals surface area contributed by atoms with Gasteiger partial charge in [-0.05, 0) is 59.9 Å². The molecule has 5 nitrogen and oxygen atoms in total. The standard InChI is InChI=1S/C25H28N4O.3ClH/c26-14-21-13-23(17-28-16-21)22-8-10-29(11-9-22)25(30)24-12-20(15-27-18-24)7-6-19-4-2-1-3-5-19;;;/h1-5,12-13,15-18,22H,6-11,14,26H2;3*1H. The minimum absolute atomic E-state index is 0. The minimum Gasteiger partial charge on any atom is -0.339 e. The minimum atomic E-state index is 0. The number of nitrogens with zero attached hydrogens (tertiary/aromatic N) is 3. The number of amides is 1. The van der Waals surface area contributed by atoms with Gasteiger partial charge < -0.3 is 10.6 Å². The first-order valence-electron chi connectivity index (χ1n) is 10.6. The van der Waals surface area contributed by atoms with E-state index < -0.39 is 0 Å². The Morgan fingerprint density at radius 3 is 2.18 bits per heavy atom. The van der Waals surface area contributed by atoms with Crippen LogP contribution in [0, 0.1) is 0 Å². The fraction of sp³-hybridized carbons (Fsp3) is 0.320. The zero-order valence-electron chi connectivity index (χ0n) is 18.4. The molecular weight excluding hydrogens is 479 g/mol. The lowest BCUT2D eigenvalue weighted by atomic mass is 9.89. The molecule has 0 atom stereocenters. The number of carbonyl (C=O) groups is 1. The molecule has 0 radical (unpaired) electrons. The van der Waals surface area contributed by atoms with Gasteiger partial charge in [-0.25, -0.2) is 0 Å². The summed E-state index contributed by atoms with van der Waals surface area (Å²) in [4.78, 5) is 23.6. The van der Waals surface area contributed by atoms with Crippen LogP contribution in [0.3, 0.4) is 0 Å². The first-order valence-corrected chi connectivity index (χ1v) is 10.6. The molecule has 1 aliphatic heterocycles. The Morgan fingerprint density at radius 1 is 0.848 bits per heavy atom. The number of hydrogen-bond acceptors (Lipinski definition) is 4. The monoisotopic (exact) mass is 508 g/mol. The van der Waals surface area contributed by atoms with Gasteiger partial charge in [0, 0.05) is 44.4 Å². The van der Waals surface area contributed by atoms with Crippen LogP contribution in [0.5, 0.6) is 0 Å². The summed E-state index contributed by atoms with van der Waals surface area (Å²) >= 11 is 0. The Kier molecular flexibility index (Phi) is 12.4. The number of carbonyl (C=O) groups excluding carboxylic acids is 1. The van der Waals surface area contributed by atoms with Crippen LogP contribution in [-0.4, -0.2) is 33.9 Å². The van der Waals surface area contributed by atoms with Gasteiger partial charge in [-0.3, -0.25) is 14.8 Å². The third kappa shape index (κ3) is 7.68. The third-order valence-electron chi connectivity index (χ3n) is 5.89. The molecule has 1 aliphatic rings. The molecule has 0 saturated carbocycles. The molecule has 1 aromatic carbocycles. The summed E-state index contributed by atoms with van der Waals surface area (Å²) in [7, 11) is 0.